The van der Waals surface area contributed by atoms with Crippen molar-refractivity contribution in [1.29, 1.82) is 0 Å². The maximum Gasteiger partial charge on any atom is 0.472 e. The minimum Gasteiger partial charge on any atom is -0.462 e. The van der Waals surface area contributed by atoms with Crippen LogP contribution < -0.4 is 5.73 Å². The van der Waals surface area contributed by atoms with Crippen molar-refractivity contribution >= 4 is 19.8 Å². The first-order valence-corrected chi connectivity index (χ1v) is 38.3. The van der Waals surface area contributed by atoms with E-state index in [1.54, 1.807) is 0 Å². The largest absolute Gasteiger partial charge is 0.472 e. The molecule has 0 rings (SSSR count). The lowest BCUT2D eigenvalue weighted by atomic mass is 10.0. The summed E-state index contributed by atoms with van der Waals surface area (Å²) in [6, 6.07) is 0. The second-order valence-electron chi connectivity index (χ2n) is 24.8. The zero-order chi connectivity index (χ0) is 61.6. The maximum atomic E-state index is 12.8. The summed E-state index contributed by atoms with van der Waals surface area (Å²) < 4.78 is 33.2. The predicted octanol–water partition coefficient (Wildman–Crippen LogP) is 24.2. The summed E-state index contributed by atoms with van der Waals surface area (Å²) >= 11 is 0. The molecule has 0 spiro atoms. The molecule has 0 aliphatic rings. The molecule has 2 atom stereocenters. The minimum absolute atomic E-state index is 0.0544. The SMILES string of the molecule is CCCCCCC/C=C\C/C=C\C/C=C\CCCCCCCCCCCCCCCCCCCCCCCCCCC(=O)OC(COC(=O)CCCCCCCCCCCCCCC/C=C\C/C=C\CCCCCCC)COP(=O)(O)OCCN. The maximum absolute atomic E-state index is 12.8. The number of phosphoric acid groups is 1. The third-order valence-electron chi connectivity index (χ3n) is 16.4. The number of hydrogen-bond donors (Lipinski definition) is 2. The van der Waals surface area contributed by atoms with Gasteiger partial charge in [-0.1, -0.05) is 338 Å². The van der Waals surface area contributed by atoms with Crippen molar-refractivity contribution in [2.75, 3.05) is 26.4 Å². The van der Waals surface area contributed by atoms with E-state index in [1.165, 1.54) is 289 Å². The third-order valence-corrected chi connectivity index (χ3v) is 17.4. The monoisotopic (exact) mass is 1210 g/mol. The zero-order valence-corrected chi connectivity index (χ0v) is 57.0. The number of carbonyl (C=O) groups is 2. The number of hydrogen-bond acceptors (Lipinski definition) is 8. The lowest BCUT2D eigenvalue weighted by Gasteiger charge is -2.19. The topological polar surface area (TPSA) is 134 Å². The summed E-state index contributed by atoms with van der Waals surface area (Å²) in [7, 11) is -4.39. The molecule has 9 nitrogen and oxygen atoms in total. The Hall–Kier alpha value is -2.29. The second-order valence-corrected chi connectivity index (χ2v) is 26.3. The molecule has 498 valence electrons. The van der Waals surface area contributed by atoms with Crippen molar-refractivity contribution in [1.82, 2.24) is 0 Å². The molecule has 85 heavy (non-hydrogen) atoms. The van der Waals surface area contributed by atoms with E-state index in [0.29, 0.717) is 6.42 Å². The van der Waals surface area contributed by atoms with Gasteiger partial charge in [0.05, 0.1) is 13.2 Å². The number of unbranched alkanes of at least 4 members (excludes halogenated alkanes) is 47. The molecule has 0 aliphatic carbocycles. The van der Waals surface area contributed by atoms with E-state index in [0.717, 1.165) is 51.4 Å². The highest BCUT2D eigenvalue weighted by Crippen LogP contribution is 2.43. The Balaban J connectivity index is 3.79. The molecule has 0 heterocycles. The zero-order valence-electron chi connectivity index (χ0n) is 56.1. The summed E-state index contributed by atoms with van der Waals surface area (Å²) in [6.45, 7) is 3.78. The number of rotatable bonds is 70. The van der Waals surface area contributed by atoms with Crippen LogP contribution in [0.1, 0.15) is 373 Å². The van der Waals surface area contributed by atoms with Gasteiger partial charge in [-0.2, -0.15) is 0 Å². The molecule has 0 radical (unpaired) electrons. The minimum atomic E-state index is -4.39. The first-order chi connectivity index (χ1) is 41.8. The average Bonchev–Trinajstić information content (AvgIpc) is 3.53. The van der Waals surface area contributed by atoms with Crippen LogP contribution in [0, 0.1) is 0 Å². The normalized spacial score (nSPS) is 13.2. The highest BCUT2D eigenvalue weighted by atomic mass is 31.2. The van der Waals surface area contributed by atoms with E-state index in [1.807, 2.05) is 0 Å². The van der Waals surface area contributed by atoms with Crippen LogP contribution in [0.3, 0.4) is 0 Å². The van der Waals surface area contributed by atoms with Crippen molar-refractivity contribution in [2.45, 2.75) is 380 Å². The summed E-state index contributed by atoms with van der Waals surface area (Å²) in [4.78, 5) is 35.4. The summed E-state index contributed by atoms with van der Waals surface area (Å²) in [5.41, 5.74) is 5.41. The Kier molecular flexibility index (Phi) is 68.9. The van der Waals surface area contributed by atoms with Crippen LogP contribution in [0.15, 0.2) is 60.8 Å². The molecule has 2 unspecified atom stereocenters. The third kappa shape index (κ3) is 70.7. The molecule has 0 saturated heterocycles. The van der Waals surface area contributed by atoms with Gasteiger partial charge in [-0.05, 0) is 83.5 Å². The highest BCUT2D eigenvalue weighted by Gasteiger charge is 2.26. The van der Waals surface area contributed by atoms with Gasteiger partial charge in [0.25, 0.3) is 0 Å². The first kappa shape index (κ1) is 82.7. The number of phosphoric ester groups is 1. The summed E-state index contributed by atoms with van der Waals surface area (Å²) in [6.07, 6.45) is 91.9. The number of carbonyl (C=O) groups excluding carboxylic acids is 2. The molecule has 0 aromatic carbocycles. The van der Waals surface area contributed by atoms with Gasteiger partial charge in [-0.25, -0.2) is 4.57 Å². The lowest BCUT2D eigenvalue weighted by Crippen LogP contribution is -2.29. The van der Waals surface area contributed by atoms with Gasteiger partial charge in [0.15, 0.2) is 6.10 Å². The number of nitrogens with two attached hydrogens (primary N) is 1. The van der Waals surface area contributed by atoms with Crippen molar-refractivity contribution < 1.29 is 37.6 Å². The fraction of sp³-hybridized carbons (Fsp3) is 0.840. The Bertz CT molecular complexity index is 1580. The molecule has 0 saturated carbocycles. The predicted molar refractivity (Wildman–Crippen MR) is 367 cm³/mol. The number of ether oxygens (including phenoxy) is 2. The number of esters is 2. The molecular weight excluding hydrogens is 1070 g/mol. The fourth-order valence-electron chi connectivity index (χ4n) is 10.9. The highest BCUT2D eigenvalue weighted by molar-refractivity contribution is 7.47. The standard InChI is InChI=1S/C75H140NO8P/c1-3-5-7-9-11-13-15-17-19-21-23-25-27-29-30-31-32-33-34-35-36-37-38-39-40-41-42-44-46-48-50-52-54-56-58-60-62-64-66-68-75(78)84-73(72-83-85(79,80)82-70-69-76)71-81-74(77)67-65-63-61-59-57-55-53-51-49-47-45-43-28-26-24-22-20-18-16-14-12-10-8-6-4-2/h15-18,21-24,27,29,73H,3-14,19-20,25-26,28,30-72,76H2,1-2H3,(H,79,80)/b17-15-,18-16-,23-21-,24-22-,29-27-. The van der Waals surface area contributed by atoms with Crippen LogP contribution in [0.4, 0.5) is 0 Å². The average molecular weight is 1210 g/mol. The van der Waals surface area contributed by atoms with E-state index < -0.39 is 26.5 Å². The van der Waals surface area contributed by atoms with Gasteiger partial charge in [0.1, 0.15) is 6.61 Å². The molecule has 0 aromatic rings. The Labute approximate surface area is 527 Å². The number of allylic oxidation sites excluding steroid dienone is 10. The van der Waals surface area contributed by atoms with Crippen LogP contribution in [0.2, 0.25) is 0 Å². The van der Waals surface area contributed by atoms with Crippen LogP contribution in [-0.2, 0) is 32.7 Å². The van der Waals surface area contributed by atoms with Gasteiger partial charge in [-0.3, -0.25) is 18.6 Å². The van der Waals surface area contributed by atoms with Crippen molar-refractivity contribution in [3.05, 3.63) is 60.8 Å². The van der Waals surface area contributed by atoms with Gasteiger partial charge >= 0.3 is 19.8 Å². The Morgan fingerprint density at radius 3 is 0.906 bits per heavy atom. The van der Waals surface area contributed by atoms with Crippen LogP contribution in [0.5, 0.6) is 0 Å². The van der Waals surface area contributed by atoms with Crippen LogP contribution in [-0.4, -0.2) is 49.3 Å². The summed E-state index contributed by atoms with van der Waals surface area (Å²) in [5, 5.41) is 0. The van der Waals surface area contributed by atoms with Crippen molar-refractivity contribution in [3.63, 3.8) is 0 Å². The van der Waals surface area contributed by atoms with E-state index in [2.05, 4.69) is 74.6 Å². The molecule has 0 aromatic heterocycles. The van der Waals surface area contributed by atoms with Crippen molar-refractivity contribution in [3.8, 4) is 0 Å². The smallest absolute Gasteiger partial charge is 0.462 e. The Morgan fingerprint density at radius 2 is 0.612 bits per heavy atom. The molecule has 3 N–H and O–H groups in total. The molecule has 0 bridgehead atoms. The lowest BCUT2D eigenvalue weighted by molar-refractivity contribution is -0.161. The van der Waals surface area contributed by atoms with E-state index in [4.69, 9.17) is 24.3 Å². The van der Waals surface area contributed by atoms with Gasteiger partial charge in [0, 0.05) is 19.4 Å². The molecule has 0 aliphatic heterocycles. The Morgan fingerprint density at radius 1 is 0.353 bits per heavy atom. The van der Waals surface area contributed by atoms with Gasteiger partial charge in [-0.15, -0.1) is 0 Å². The molecule has 10 heteroatoms. The quantitative estimate of drug-likeness (QED) is 0.0264. The van der Waals surface area contributed by atoms with Crippen molar-refractivity contribution in [2.24, 2.45) is 5.73 Å². The molecule has 0 amide bonds. The summed E-state index contributed by atoms with van der Waals surface area (Å²) in [5.74, 6) is -0.810. The van der Waals surface area contributed by atoms with E-state index >= 15 is 0 Å². The second kappa shape index (κ2) is 70.8. The van der Waals surface area contributed by atoms with E-state index in [-0.39, 0.29) is 38.6 Å². The molecule has 0 fully saturated rings. The van der Waals surface area contributed by atoms with Crippen LogP contribution in [0.25, 0.3) is 0 Å². The van der Waals surface area contributed by atoms with E-state index in [9.17, 15) is 19.0 Å². The van der Waals surface area contributed by atoms with Gasteiger partial charge < -0.3 is 20.1 Å². The van der Waals surface area contributed by atoms with Gasteiger partial charge in [0.2, 0.25) is 0 Å². The molecular formula is C75H140NO8P. The first-order valence-electron chi connectivity index (χ1n) is 36.8. The fourth-order valence-corrected chi connectivity index (χ4v) is 11.7. The van der Waals surface area contributed by atoms with Crippen LogP contribution >= 0.6 is 7.82 Å².